The van der Waals surface area contributed by atoms with Crippen molar-refractivity contribution in [3.8, 4) is 0 Å². The van der Waals surface area contributed by atoms with Gasteiger partial charge in [-0.3, -0.25) is 10.1 Å². The number of hydrogen-bond acceptors (Lipinski definition) is 4. The van der Waals surface area contributed by atoms with Crippen LogP contribution >= 0.6 is 11.6 Å². The summed E-state index contributed by atoms with van der Waals surface area (Å²) in [6.07, 6.45) is 2.09. The molecule has 5 rings (SSSR count). The van der Waals surface area contributed by atoms with E-state index in [1.54, 1.807) is 16.8 Å². The molecule has 0 unspecified atom stereocenters. The van der Waals surface area contributed by atoms with Crippen LogP contribution < -0.4 is 10.6 Å². The minimum atomic E-state index is -0.255. The molecule has 0 spiro atoms. The van der Waals surface area contributed by atoms with E-state index >= 15 is 0 Å². The topological polar surface area (TPSA) is 71.8 Å². The van der Waals surface area contributed by atoms with Gasteiger partial charge in [-0.15, -0.1) is 5.10 Å². The molecular weight excluding hydrogens is 422 g/mol. The Hall–Kier alpha value is -3.90. The van der Waals surface area contributed by atoms with Crippen LogP contribution in [0.25, 0.3) is 5.70 Å². The number of nitrogens with zero attached hydrogens (tertiary/aromatic N) is 3. The minimum Gasteiger partial charge on any atom is -0.324 e. The number of hydrogen-bond donors (Lipinski definition) is 2. The normalized spacial score (nSPS) is 14.8. The summed E-state index contributed by atoms with van der Waals surface area (Å²) in [6, 6.07) is 24.8. The zero-order valence-electron chi connectivity index (χ0n) is 17.3. The first-order valence-corrected chi connectivity index (χ1v) is 10.6. The fraction of sp³-hybridized carbons (Fsp3) is 0.0800. The summed E-state index contributed by atoms with van der Waals surface area (Å²) in [5.74, 6) is 0.533. The molecule has 1 aliphatic rings. The molecule has 1 aromatic heterocycles. The van der Waals surface area contributed by atoms with Crippen LogP contribution in [0.15, 0.2) is 84.9 Å². The lowest BCUT2D eigenvalue weighted by molar-refractivity contribution is 0.102. The van der Waals surface area contributed by atoms with E-state index in [4.69, 9.17) is 11.6 Å². The summed E-state index contributed by atoms with van der Waals surface area (Å²) in [4.78, 5) is 17.2. The Labute approximate surface area is 190 Å². The number of benzene rings is 3. The van der Waals surface area contributed by atoms with Crippen LogP contribution in [0.2, 0.25) is 5.02 Å². The lowest BCUT2D eigenvalue weighted by Gasteiger charge is -2.24. The predicted molar refractivity (Wildman–Crippen MR) is 127 cm³/mol. The molecule has 4 aromatic rings. The monoisotopic (exact) mass is 441 g/mol. The number of amides is 1. The van der Waals surface area contributed by atoms with Gasteiger partial charge < -0.3 is 5.32 Å². The third-order valence-corrected chi connectivity index (χ3v) is 5.55. The second-order valence-corrected chi connectivity index (χ2v) is 8.03. The number of aromatic nitrogens is 3. The first-order valence-electron chi connectivity index (χ1n) is 10.2. The lowest BCUT2D eigenvalue weighted by Crippen LogP contribution is -2.20. The van der Waals surface area contributed by atoms with Crippen LogP contribution in [-0.2, 0) is 0 Å². The summed E-state index contributed by atoms with van der Waals surface area (Å²) >= 11 is 6.06. The number of allylic oxidation sites excluding steroid dienone is 1. The molecule has 0 saturated carbocycles. The van der Waals surface area contributed by atoms with Crippen molar-refractivity contribution in [2.75, 3.05) is 10.6 Å². The van der Waals surface area contributed by atoms with Gasteiger partial charge in [-0.1, -0.05) is 71.8 Å². The average Bonchev–Trinajstić information content (AvgIpc) is 3.22. The molecule has 3 aromatic carbocycles. The molecule has 32 heavy (non-hydrogen) atoms. The number of carbonyl (C=O) groups excluding carboxylic acids is 1. The Bertz CT molecular complexity index is 1290. The van der Waals surface area contributed by atoms with Gasteiger partial charge in [0.15, 0.2) is 0 Å². The van der Waals surface area contributed by atoms with E-state index in [1.165, 1.54) is 0 Å². The summed E-state index contributed by atoms with van der Waals surface area (Å²) in [6.45, 7) is 1.98. The van der Waals surface area contributed by atoms with Gasteiger partial charge in [0.2, 0.25) is 5.95 Å². The SMILES string of the molecule is Cc1ccc(C(=O)Nc2nc3n(n2)[C@@H](c2ccccc2)C=C(c2ccc(Cl)cc2)N3)cc1. The highest BCUT2D eigenvalue weighted by Gasteiger charge is 2.25. The van der Waals surface area contributed by atoms with Gasteiger partial charge in [-0.2, -0.15) is 4.98 Å². The van der Waals surface area contributed by atoms with Crippen LogP contribution in [0, 0.1) is 6.92 Å². The van der Waals surface area contributed by atoms with Gasteiger partial charge in [0.25, 0.3) is 11.9 Å². The summed E-state index contributed by atoms with van der Waals surface area (Å²) in [7, 11) is 0. The molecule has 0 fully saturated rings. The van der Waals surface area contributed by atoms with Crippen LogP contribution in [0.4, 0.5) is 11.9 Å². The van der Waals surface area contributed by atoms with Crippen molar-refractivity contribution >= 4 is 35.1 Å². The molecule has 0 radical (unpaired) electrons. The minimum absolute atomic E-state index is 0.185. The Kier molecular flexibility index (Phi) is 5.21. The molecule has 1 atom stereocenters. The number of carbonyl (C=O) groups is 1. The Morgan fingerprint density at radius 2 is 1.72 bits per heavy atom. The average molecular weight is 442 g/mol. The second kappa shape index (κ2) is 8.32. The van der Waals surface area contributed by atoms with E-state index in [1.807, 2.05) is 73.7 Å². The Morgan fingerprint density at radius 3 is 2.44 bits per heavy atom. The van der Waals surface area contributed by atoms with E-state index in [2.05, 4.69) is 26.8 Å². The van der Waals surface area contributed by atoms with Gasteiger partial charge in [0.1, 0.15) is 6.04 Å². The standard InChI is InChI=1S/C25H20ClN5O/c1-16-7-9-19(10-8-16)23(32)28-24-29-25-27-21(17-11-13-20(26)14-12-17)15-22(31(25)30-24)18-5-3-2-4-6-18/h2-15,22H,1H3,(H2,27,28,29,30,32)/t22-/m1/s1. The third kappa shape index (κ3) is 4.00. The highest BCUT2D eigenvalue weighted by molar-refractivity contribution is 6.30. The highest BCUT2D eigenvalue weighted by Crippen LogP contribution is 2.33. The summed E-state index contributed by atoms with van der Waals surface area (Å²) < 4.78 is 1.78. The molecule has 2 heterocycles. The molecule has 0 saturated heterocycles. The third-order valence-electron chi connectivity index (χ3n) is 5.30. The summed E-state index contributed by atoms with van der Waals surface area (Å²) in [5.41, 5.74) is 4.58. The van der Waals surface area contributed by atoms with E-state index < -0.39 is 0 Å². The van der Waals surface area contributed by atoms with Gasteiger partial charge in [-0.05, 0) is 48.4 Å². The molecule has 0 aliphatic carbocycles. The van der Waals surface area contributed by atoms with E-state index in [9.17, 15) is 4.79 Å². The number of anilines is 2. The van der Waals surface area contributed by atoms with Crippen molar-refractivity contribution in [2.45, 2.75) is 13.0 Å². The van der Waals surface area contributed by atoms with Gasteiger partial charge in [-0.25, -0.2) is 4.68 Å². The van der Waals surface area contributed by atoms with Crippen LogP contribution in [0.3, 0.4) is 0 Å². The van der Waals surface area contributed by atoms with Gasteiger partial charge in [0, 0.05) is 16.3 Å². The Morgan fingerprint density at radius 1 is 1.00 bits per heavy atom. The maximum Gasteiger partial charge on any atom is 0.258 e. The number of halogens is 1. The van der Waals surface area contributed by atoms with Gasteiger partial charge in [0.05, 0.1) is 0 Å². The number of rotatable bonds is 4. The zero-order chi connectivity index (χ0) is 22.1. The number of nitrogens with one attached hydrogen (secondary N) is 2. The molecule has 6 nitrogen and oxygen atoms in total. The van der Waals surface area contributed by atoms with Crippen molar-refractivity contribution in [2.24, 2.45) is 0 Å². The molecule has 1 aliphatic heterocycles. The largest absolute Gasteiger partial charge is 0.324 e. The van der Waals surface area contributed by atoms with E-state index in [-0.39, 0.29) is 17.9 Å². The van der Waals surface area contributed by atoms with Crippen molar-refractivity contribution in [3.05, 3.63) is 112 Å². The van der Waals surface area contributed by atoms with Crippen LogP contribution in [0.5, 0.6) is 0 Å². The maximum absolute atomic E-state index is 12.7. The predicted octanol–water partition coefficient (Wildman–Crippen LogP) is 5.55. The quantitative estimate of drug-likeness (QED) is 0.435. The first kappa shape index (κ1) is 20.0. The molecule has 0 bridgehead atoms. The lowest BCUT2D eigenvalue weighted by atomic mass is 10.0. The number of fused-ring (bicyclic) bond motifs is 1. The van der Waals surface area contributed by atoms with Crippen molar-refractivity contribution in [1.29, 1.82) is 0 Å². The number of aryl methyl sites for hydroxylation is 1. The highest BCUT2D eigenvalue weighted by atomic mass is 35.5. The fourth-order valence-corrected chi connectivity index (χ4v) is 3.74. The zero-order valence-corrected chi connectivity index (χ0v) is 18.0. The van der Waals surface area contributed by atoms with E-state index in [0.29, 0.717) is 16.5 Å². The Balaban J connectivity index is 1.49. The van der Waals surface area contributed by atoms with Gasteiger partial charge >= 0.3 is 0 Å². The maximum atomic E-state index is 12.7. The fourth-order valence-electron chi connectivity index (χ4n) is 3.61. The van der Waals surface area contributed by atoms with Crippen molar-refractivity contribution in [1.82, 2.24) is 14.8 Å². The first-order chi connectivity index (χ1) is 15.6. The van der Waals surface area contributed by atoms with Crippen LogP contribution in [-0.4, -0.2) is 20.7 Å². The molecular formula is C25H20ClN5O. The molecule has 158 valence electrons. The summed E-state index contributed by atoms with van der Waals surface area (Å²) in [5, 5.41) is 11.4. The molecule has 1 amide bonds. The molecule has 2 N–H and O–H groups in total. The van der Waals surface area contributed by atoms with E-state index in [0.717, 1.165) is 22.4 Å². The van der Waals surface area contributed by atoms with Crippen LogP contribution in [0.1, 0.15) is 33.1 Å². The second-order valence-electron chi connectivity index (χ2n) is 7.59. The molecule has 7 heteroatoms. The van der Waals surface area contributed by atoms with Crippen molar-refractivity contribution < 1.29 is 4.79 Å². The smallest absolute Gasteiger partial charge is 0.258 e. The van der Waals surface area contributed by atoms with Crippen molar-refractivity contribution in [3.63, 3.8) is 0 Å².